The third kappa shape index (κ3) is 3.69. The maximum absolute atomic E-state index is 14.8. The lowest BCUT2D eigenvalue weighted by atomic mass is 10.1. The summed E-state index contributed by atoms with van der Waals surface area (Å²) in [6.45, 7) is 10.5. The van der Waals surface area contributed by atoms with Crippen molar-refractivity contribution in [3.63, 3.8) is 0 Å². The molecule has 0 bridgehead atoms. The quantitative estimate of drug-likeness (QED) is 0.570. The minimum atomic E-state index is -2.15. The van der Waals surface area contributed by atoms with Crippen molar-refractivity contribution in [2.75, 3.05) is 7.11 Å². The van der Waals surface area contributed by atoms with Crippen molar-refractivity contribution in [3.8, 4) is 22.8 Å². The predicted molar refractivity (Wildman–Crippen MR) is 114 cm³/mol. The lowest BCUT2D eigenvalue weighted by Gasteiger charge is -2.36. The molecule has 6 heteroatoms. The number of rotatable bonds is 4. The second-order valence-corrected chi connectivity index (χ2v) is 13.2. The summed E-state index contributed by atoms with van der Waals surface area (Å²) in [5, 5.41) is 1.19. The maximum Gasteiger partial charge on any atom is 0.256 e. The third-order valence-electron chi connectivity index (χ3n) is 5.48. The van der Waals surface area contributed by atoms with Crippen LogP contribution in [0.3, 0.4) is 0 Å². The van der Waals surface area contributed by atoms with E-state index in [-0.39, 0.29) is 16.3 Å². The fourth-order valence-electron chi connectivity index (χ4n) is 2.77. The van der Waals surface area contributed by atoms with Crippen LogP contribution in [0, 0.1) is 5.82 Å². The highest BCUT2D eigenvalue weighted by atomic mass is 28.4. The molecule has 0 fully saturated rings. The van der Waals surface area contributed by atoms with E-state index in [0.29, 0.717) is 27.8 Å². The van der Waals surface area contributed by atoms with Crippen molar-refractivity contribution in [2.24, 2.45) is 0 Å². The second-order valence-electron chi connectivity index (χ2n) is 8.44. The van der Waals surface area contributed by atoms with Crippen LogP contribution in [-0.4, -0.2) is 20.4 Å². The van der Waals surface area contributed by atoms with Gasteiger partial charge in [0.2, 0.25) is 0 Å². The molecule has 0 unspecified atom stereocenters. The summed E-state index contributed by atoms with van der Waals surface area (Å²) in [4.78, 5) is 15.3. The van der Waals surface area contributed by atoms with E-state index in [9.17, 15) is 9.18 Å². The zero-order valence-corrected chi connectivity index (χ0v) is 18.1. The second kappa shape index (κ2) is 7.09. The van der Waals surface area contributed by atoms with Gasteiger partial charge in [0.1, 0.15) is 11.5 Å². The maximum atomic E-state index is 14.8. The Morgan fingerprint density at radius 2 is 1.71 bits per heavy atom. The lowest BCUT2D eigenvalue weighted by molar-refractivity contribution is 0.420. The summed E-state index contributed by atoms with van der Waals surface area (Å²) in [6, 6.07) is 11.9. The Bertz CT molecular complexity index is 1080. The minimum absolute atomic E-state index is 0.0295. The van der Waals surface area contributed by atoms with Crippen molar-refractivity contribution < 1.29 is 13.6 Å². The number of methoxy groups -OCH3 is 1. The summed E-state index contributed by atoms with van der Waals surface area (Å²) in [5.74, 6) is 0.405. The number of benzene rings is 2. The number of pyridine rings is 1. The van der Waals surface area contributed by atoms with Gasteiger partial charge in [-0.3, -0.25) is 4.79 Å². The predicted octanol–water partition coefficient (Wildman–Crippen LogP) is 5.73. The Morgan fingerprint density at radius 1 is 1.00 bits per heavy atom. The van der Waals surface area contributed by atoms with Crippen LogP contribution in [-0.2, 0) is 0 Å². The van der Waals surface area contributed by atoms with Gasteiger partial charge < -0.3 is 14.1 Å². The Hall–Kier alpha value is -2.60. The van der Waals surface area contributed by atoms with Crippen LogP contribution < -0.4 is 14.7 Å². The first-order valence-electron chi connectivity index (χ1n) is 9.22. The van der Waals surface area contributed by atoms with Crippen LogP contribution in [0.15, 0.2) is 47.3 Å². The van der Waals surface area contributed by atoms with Gasteiger partial charge in [0.05, 0.1) is 12.5 Å². The number of hydrogen-bond donors (Lipinski definition) is 1. The van der Waals surface area contributed by atoms with Gasteiger partial charge in [0.15, 0.2) is 5.82 Å². The molecule has 148 valence electrons. The average molecular weight is 400 g/mol. The number of fused-ring (bicyclic) bond motifs is 1. The Labute approximate surface area is 165 Å². The smallest absolute Gasteiger partial charge is 0.256 e. The molecule has 0 aliphatic carbocycles. The zero-order chi connectivity index (χ0) is 20.7. The number of ether oxygens (including phenoxy) is 1. The standard InChI is InChI=1S/C22H26FNO3Si/c1-22(2,3)28(5,6)27-20-11-10-14(12-17(20)23)18-13-16-15(21(25)24-18)8-7-9-19(16)26-4/h7-13H,1-6H3,(H,24,25). The molecule has 0 aliphatic heterocycles. The van der Waals surface area contributed by atoms with E-state index in [1.807, 2.05) is 0 Å². The number of H-pyrrole nitrogens is 1. The van der Waals surface area contributed by atoms with Crippen molar-refractivity contribution in [1.29, 1.82) is 0 Å². The van der Waals surface area contributed by atoms with E-state index in [4.69, 9.17) is 9.16 Å². The Kier molecular flexibility index (Phi) is 5.10. The van der Waals surface area contributed by atoms with Gasteiger partial charge in [-0.15, -0.1) is 0 Å². The molecule has 28 heavy (non-hydrogen) atoms. The van der Waals surface area contributed by atoms with Gasteiger partial charge in [-0.05, 0) is 54.5 Å². The fourth-order valence-corrected chi connectivity index (χ4v) is 3.80. The molecule has 3 aromatic rings. The van der Waals surface area contributed by atoms with Crippen LogP contribution in [0.4, 0.5) is 4.39 Å². The largest absolute Gasteiger partial charge is 0.542 e. The van der Waals surface area contributed by atoms with Crippen LogP contribution in [0.2, 0.25) is 18.1 Å². The molecule has 4 nitrogen and oxygen atoms in total. The monoisotopic (exact) mass is 399 g/mol. The molecule has 1 aromatic heterocycles. The molecular formula is C22H26FNO3Si. The van der Waals surface area contributed by atoms with Crippen molar-refractivity contribution in [2.45, 2.75) is 38.9 Å². The van der Waals surface area contributed by atoms with Crippen molar-refractivity contribution in [1.82, 2.24) is 4.98 Å². The van der Waals surface area contributed by atoms with Crippen molar-refractivity contribution >= 4 is 19.1 Å². The molecule has 0 radical (unpaired) electrons. The number of hydrogen-bond acceptors (Lipinski definition) is 3. The van der Waals surface area contributed by atoms with Gasteiger partial charge in [0.25, 0.3) is 13.9 Å². The first-order chi connectivity index (χ1) is 13.0. The van der Waals surface area contributed by atoms with Gasteiger partial charge in [0, 0.05) is 16.6 Å². The summed E-state index contributed by atoms with van der Waals surface area (Å²) < 4.78 is 26.2. The molecule has 2 aromatic carbocycles. The first kappa shape index (κ1) is 20.1. The van der Waals surface area contributed by atoms with E-state index in [2.05, 4.69) is 38.8 Å². The van der Waals surface area contributed by atoms with E-state index in [1.165, 1.54) is 6.07 Å². The van der Waals surface area contributed by atoms with Crippen LogP contribution in [0.5, 0.6) is 11.5 Å². The molecular weight excluding hydrogens is 373 g/mol. The van der Waals surface area contributed by atoms with Crippen LogP contribution in [0.25, 0.3) is 22.0 Å². The number of halogens is 1. The molecule has 0 aliphatic rings. The molecule has 0 amide bonds. The normalized spacial score (nSPS) is 12.2. The summed E-state index contributed by atoms with van der Waals surface area (Å²) in [7, 11) is -0.588. The van der Waals surface area contributed by atoms with Crippen molar-refractivity contribution in [3.05, 3.63) is 58.6 Å². The van der Waals surface area contributed by atoms with E-state index < -0.39 is 14.1 Å². The molecule has 0 spiro atoms. The SMILES string of the molecule is COc1cccc2c(=O)[nH]c(-c3ccc(O[Si](C)(C)C(C)(C)C)c(F)c3)cc12. The Morgan fingerprint density at radius 3 is 2.32 bits per heavy atom. The minimum Gasteiger partial charge on any atom is -0.542 e. The number of aromatic amines is 1. The third-order valence-corrected chi connectivity index (χ3v) is 9.82. The highest BCUT2D eigenvalue weighted by Gasteiger charge is 2.39. The van der Waals surface area contributed by atoms with Gasteiger partial charge in [-0.25, -0.2) is 4.39 Å². The van der Waals surface area contributed by atoms with Gasteiger partial charge in [-0.2, -0.15) is 0 Å². The average Bonchev–Trinajstić information content (AvgIpc) is 2.61. The van der Waals surface area contributed by atoms with Crippen LogP contribution in [0.1, 0.15) is 20.8 Å². The number of nitrogens with one attached hydrogen (secondary N) is 1. The molecule has 3 rings (SSSR count). The van der Waals surface area contributed by atoms with Gasteiger partial charge in [-0.1, -0.05) is 26.8 Å². The fraction of sp³-hybridized carbons (Fsp3) is 0.318. The topological polar surface area (TPSA) is 51.3 Å². The van der Waals surface area contributed by atoms with E-state index in [0.717, 1.165) is 0 Å². The lowest BCUT2D eigenvalue weighted by Crippen LogP contribution is -2.44. The van der Waals surface area contributed by atoms with Gasteiger partial charge >= 0.3 is 0 Å². The van der Waals surface area contributed by atoms with E-state index >= 15 is 0 Å². The highest BCUT2D eigenvalue weighted by Crippen LogP contribution is 2.38. The summed E-state index contributed by atoms with van der Waals surface area (Å²) in [5.41, 5.74) is 0.859. The molecule has 1 N–H and O–H groups in total. The summed E-state index contributed by atoms with van der Waals surface area (Å²) in [6.07, 6.45) is 0. The highest BCUT2D eigenvalue weighted by molar-refractivity contribution is 6.74. The zero-order valence-electron chi connectivity index (χ0n) is 17.1. The van der Waals surface area contributed by atoms with Crippen LogP contribution >= 0.6 is 0 Å². The molecule has 1 heterocycles. The molecule has 0 saturated carbocycles. The molecule has 0 atom stereocenters. The molecule has 0 saturated heterocycles. The Balaban J connectivity index is 2.04. The summed E-state index contributed by atoms with van der Waals surface area (Å²) >= 11 is 0. The number of aromatic nitrogens is 1. The first-order valence-corrected chi connectivity index (χ1v) is 12.1. The van der Waals surface area contributed by atoms with E-state index in [1.54, 1.807) is 43.5 Å².